The smallest absolute Gasteiger partial charge is 0.119 e. The lowest BCUT2D eigenvalue weighted by atomic mass is 9.83. The summed E-state index contributed by atoms with van der Waals surface area (Å²) < 4.78 is 5.27. The molecule has 1 atom stereocenters. The first-order valence-electron chi connectivity index (χ1n) is 8.49. The van der Waals surface area contributed by atoms with Crippen LogP contribution in [0.5, 0.6) is 5.75 Å². The van der Waals surface area contributed by atoms with Crippen LogP contribution in [0.4, 0.5) is 5.69 Å². The van der Waals surface area contributed by atoms with E-state index in [2.05, 4.69) is 34.5 Å². The van der Waals surface area contributed by atoms with Gasteiger partial charge < -0.3 is 15.0 Å². The third-order valence-corrected chi connectivity index (χ3v) is 5.08. The molecule has 1 unspecified atom stereocenters. The van der Waals surface area contributed by atoms with Crippen molar-refractivity contribution in [1.29, 1.82) is 0 Å². The maximum Gasteiger partial charge on any atom is 0.119 e. The largest absolute Gasteiger partial charge is 0.497 e. The van der Waals surface area contributed by atoms with E-state index in [4.69, 9.17) is 4.74 Å². The molecule has 0 radical (unpaired) electrons. The van der Waals surface area contributed by atoms with Gasteiger partial charge in [-0.15, -0.1) is 0 Å². The van der Waals surface area contributed by atoms with Gasteiger partial charge in [0.05, 0.1) is 7.11 Å². The first-order chi connectivity index (χ1) is 10.4. The Hall–Kier alpha value is -1.22. The Labute approximate surface area is 128 Å². The lowest BCUT2D eigenvalue weighted by molar-refractivity contribution is 0.277. The molecule has 1 saturated heterocycles. The van der Waals surface area contributed by atoms with Gasteiger partial charge >= 0.3 is 0 Å². The summed E-state index contributed by atoms with van der Waals surface area (Å²) in [6.07, 6.45) is 8.33. The highest BCUT2D eigenvalue weighted by atomic mass is 16.5. The number of anilines is 1. The van der Waals surface area contributed by atoms with E-state index >= 15 is 0 Å². The van der Waals surface area contributed by atoms with Gasteiger partial charge in [-0.2, -0.15) is 0 Å². The van der Waals surface area contributed by atoms with Gasteiger partial charge in [0.25, 0.3) is 0 Å². The van der Waals surface area contributed by atoms with Gasteiger partial charge in [0, 0.05) is 24.8 Å². The van der Waals surface area contributed by atoms with Gasteiger partial charge in [0.1, 0.15) is 5.75 Å². The predicted octanol–water partition coefficient (Wildman–Crippen LogP) is 3.44. The van der Waals surface area contributed by atoms with Crippen LogP contribution in [0.15, 0.2) is 24.3 Å². The van der Waals surface area contributed by atoms with E-state index in [-0.39, 0.29) is 0 Å². The van der Waals surface area contributed by atoms with Crippen LogP contribution in [0.25, 0.3) is 0 Å². The van der Waals surface area contributed by atoms with E-state index in [1.807, 2.05) is 0 Å². The molecule has 3 rings (SSSR count). The third-order valence-electron chi connectivity index (χ3n) is 5.08. The second-order valence-corrected chi connectivity index (χ2v) is 6.46. The number of methoxy groups -OCH3 is 1. The number of ether oxygens (including phenoxy) is 1. The van der Waals surface area contributed by atoms with E-state index in [1.54, 1.807) is 7.11 Å². The van der Waals surface area contributed by atoms with Crippen LogP contribution in [-0.4, -0.2) is 32.8 Å². The molecule has 1 saturated carbocycles. The highest BCUT2D eigenvalue weighted by Gasteiger charge is 2.26. The maximum absolute atomic E-state index is 5.27. The van der Waals surface area contributed by atoms with Gasteiger partial charge in [0.15, 0.2) is 0 Å². The Kier molecular flexibility index (Phi) is 5.02. The van der Waals surface area contributed by atoms with E-state index in [9.17, 15) is 0 Å². The summed E-state index contributed by atoms with van der Waals surface area (Å²) >= 11 is 0. The zero-order valence-corrected chi connectivity index (χ0v) is 13.2. The number of nitrogens with one attached hydrogen (secondary N) is 1. The molecule has 1 aliphatic heterocycles. The van der Waals surface area contributed by atoms with Crippen molar-refractivity contribution in [2.75, 3.05) is 31.6 Å². The number of hydrogen-bond donors (Lipinski definition) is 1. The molecule has 0 amide bonds. The second kappa shape index (κ2) is 7.17. The monoisotopic (exact) mass is 288 g/mol. The first-order valence-corrected chi connectivity index (χ1v) is 8.49. The fourth-order valence-corrected chi connectivity index (χ4v) is 3.83. The number of benzene rings is 1. The molecule has 1 aliphatic carbocycles. The van der Waals surface area contributed by atoms with Crippen molar-refractivity contribution in [3.63, 3.8) is 0 Å². The van der Waals surface area contributed by atoms with Crippen molar-refractivity contribution in [3.05, 3.63) is 24.3 Å². The van der Waals surface area contributed by atoms with E-state index in [1.165, 1.54) is 44.2 Å². The minimum atomic E-state index is 0.662. The standard InChI is InChI=1S/C18H28N2O/c1-21-17-10-8-16(9-11-17)20-13-5-12-19-18(14-20)15-6-3-2-4-7-15/h8-11,15,18-19H,2-7,12-14H2,1H3. The molecule has 1 heterocycles. The van der Waals surface area contributed by atoms with Gasteiger partial charge in [-0.05, 0) is 56.0 Å². The summed E-state index contributed by atoms with van der Waals surface area (Å²) in [5.74, 6) is 1.81. The van der Waals surface area contributed by atoms with Crippen LogP contribution in [0.2, 0.25) is 0 Å². The Balaban J connectivity index is 1.68. The lowest BCUT2D eigenvalue weighted by Gasteiger charge is -2.33. The molecular weight excluding hydrogens is 260 g/mol. The second-order valence-electron chi connectivity index (χ2n) is 6.46. The summed E-state index contributed by atoms with van der Waals surface area (Å²) in [7, 11) is 1.73. The lowest BCUT2D eigenvalue weighted by Crippen LogP contribution is -2.43. The molecule has 0 bridgehead atoms. The third kappa shape index (κ3) is 3.70. The average molecular weight is 288 g/mol. The van der Waals surface area contributed by atoms with Gasteiger partial charge in [-0.25, -0.2) is 0 Å². The van der Waals surface area contributed by atoms with Crippen LogP contribution in [0.1, 0.15) is 38.5 Å². The number of nitrogens with zero attached hydrogens (tertiary/aromatic N) is 1. The molecule has 21 heavy (non-hydrogen) atoms. The first kappa shape index (κ1) is 14.7. The van der Waals surface area contributed by atoms with Crippen LogP contribution in [0, 0.1) is 5.92 Å². The van der Waals surface area contributed by atoms with Crippen LogP contribution in [-0.2, 0) is 0 Å². The summed E-state index contributed by atoms with van der Waals surface area (Å²) in [4.78, 5) is 2.55. The van der Waals surface area contributed by atoms with Crippen LogP contribution in [0.3, 0.4) is 0 Å². The Morgan fingerprint density at radius 1 is 1.05 bits per heavy atom. The molecule has 2 fully saturated rings. The molecule has 1 aromatic carbocycles. The van der Waals surface area contributed by atoms with Crippen molar-refractivity contribution >= 4 is 5.69 Å². The zero-order chi connectivity index (χ0) is 14.5. The van der Waals surface area contributed by atoms with Gasteiger partial charge in [-0.3, -0.25) is 0 Å². The SMILES string of the molecule is COc1ccc(N2CCCNC(C3CCCCC3)C2)cc1. The molecule has 0 spiro atoms. The molecule has 116 valence electrons. The molecule has 3 nitrogen and oxygen atoms in total. The van der Waals surface area contributed by atoms with E-state index in [0.717, 1.165) is 31.3 Å². The van der Waals surface area contributed by atoms with Crippen molar-refractivity contribution < 1.29 is 4.74 Å². The summed E-state index contributed by atoms with van der Waals surface area (Å²) in [6.45, 7) is 3.47. The molecule has 1 N–H and O–H groups in total. The minimum absolute atomic E-state index is 0.662. The summed E-state index contributed by atoms with van der Waals surface area (Å²) in [5.41, 5.74) is 1.33. The highest BCUT2D eigenvalue weighted by Crippen LogP contribution is 2.29. The van der Waals surface area contributed by atoms with Crippen LogP contribution < -0.4 is 15.0 Å². The maximum atomic E-state index is 5.27. The summed E-state index contributed by atoms with van der Waals surface area (Å²) in [5, 5.41) is 3.81. The Morgan fingerprint density at radius 3 is 2.52 bits per heavy atom. The summed E-state index contributed by atoms with van der Waals surface area (Å²) in [6, 6.07) is 9.20. The fraction of sp³-hybridized carbons (Fsp3) is 0.667. The highest BCUT2D eigenvalue weighted by molar-refractivity contribution is 5.49. The normalized spacial score (nSPS) is 24.6. The van der Waals surface area contributed by atoms with Crippen molar-refractivity contribution in [2.24, 2.45) is 5.92 Å². The minimum Gasteiger partial charge on any atom is -0.497 e. The average Bonchev–Trinajstić information content (AvgIpc) is 2.82. The van der Waals surface area contributed by atoms with Gasteiger partial charge in [0.2, 0.25) is 0 Å². The van der Waals surface area contributed by atoms with E-state index < -0.39 is 0 Å². The van der Waals surface area contributed by atoms with Crippen molar-refractivity contribution in [1.82, 2.24) is 5.32 Å². The van der Waals surface area contributed by atoms with Crippen LogP contribution >= 0.6 is 0 Å². The molecule has 2 aliphatic rings. The molecule has 3 heteroatoms. The molecule has 1 aromatic rings. The van der Waals surface area contributed by atoms with Crippen molar-refractivity contribution in [2.45, 2.75) is 44.6 Å². The van der Waals surface area contributed by atoms with E-state index in [0.29, 0.717) is 6.04 Å². The predicted molar refractivity (Wildman–Crippen MR) is 88.2 cm³/mol. The molecule has 0 aromatic heterocycles. The quantitative estimate of drug-likeness (QED) is 0.922. The van der Waals surface area contributed by atoms with Crippen molar-refractivity contribution in [3.8, 4) is 5.75 Å². The van der Waals surface area contributed by atoms with Gasteiger partial charge in [-0.1, -0.05) is 19.3 Å². The molecular formula is C18H28N2O. The number of rotatable bonds is 3. The topological polar surface area (TPSA) is 24.5 Å². The zero-order valence-electron chi connectivity index (χ0n) is 13.2. The Bertz CT molecular complexity index is 425. The number of hydrogen-bond acceptors (Lipinski definition) is 3. The Morgan fingerprint density at radius 2 is 1.81 bits per heavy atom. The fourth-order valence-electron chi connectivity index (χ4n) is 3.83.